The largest absolute Gasteiger partial charge is 0.467 e. The zero-order valence-electron chi connectivity index (χ0n) is 12.0. The number of hydrogen-bond donors (Lipinski definition) is 0. The van der Waals surface area contributed by atoms with Crippen LogP contribution in [0.4, 0.5) is 13.2 Å². The molecule has 1 aliphatic heterocycles. The van der Waals surface area contributed by atoms with Crippen LogP contribution in [0.5, 0.6) is 5.88 Å². The van der Waals surface area contributed by atoms with Gasteiger partial charge in [-0.1, -0.05) is 0 Å². The maximum Gasteiger partial charge on any atom is 0.422 e. The molecule has 0 aliphatic carbocycles. The van der Waals surface area contributed by atoms with Crippen molar-refractivity contribution in [1.82, 2.24) is 15.2 Å². The molecule has 1 unspecified atom stereocenters. The fourth-order valence-electron chi connectivity index (χ4n) is 2.26. The van der Waals surface area contributed by atoms with E-state index >= 15 is 0 Å². The van der Waals surface area contributed by atoms with Gasteiger partial charge in [0.25, 0.3) is 5.89 Å². The van der Waals surface area contributed by atoms with Crippen LogP contribution in [0.3, 0.4) is 0 Å². The smallest absolute Gasteiger partial charge is 0.422 e. The molecule has 3 heterocycles. The van der Waals surface area contributed by atoms with Gasteiger partial charge in [0, 0.05) is 12.8 Å². The standard InChI is InChI=1S/C14H14F3N3O3/c15-14(16,17)8-22-12-10(4-1-5-18-12)13-20-19-11(23-13)9-3-2-6-21-7-9/h1,4-5,9H,2-3,6-8H2. The Kier molecular flexibility index (Phi) is 4.46. The minimum atomic E-state index is -4.45. The Morgan fingerprint density at radius 1 is 1.30 bits per heavy atom. The lowest BCUT2D eigenvalue weighted by molar-refractivity contribution is -0.154. The van der Waals surface area contributed by atoms with Crippen molar-refractivity contribution >= 4 is 0 Å². The molecule has 0 N–H and O–H groups in total. The fourth-order valence-corrected chi connectivity index (χ4v) is 2.26. The average Bonchev–Trinajstić information content (AvgIpc) is 3.03. The molecule has 1 saturated heterocycles. The first-order chi connectivity index (χ1) is 11.0. The normalized spacial score (nSPS) is 18.8. The summed E-state index contributed by atoms with van der Waals surface area (Å²) in [7, 11) is 0. The number of halogens is 3. The van der Waals surface area contributed by atoms with Crippen LogP contribution in [0.25, 0.3) is 11.5 Å². The van der Waals surface area contributed by atoms with Crippen LogP contribution in [-0.4, -0.2) is 41.2 Å². The van der Waals surface area contributed by atoms with E-state index in [4.69, 9.17) is 13.9 Å². The Balaban J connectivity index is 1.80. The third kappa shape index (κ3) is 3.98. The van der Waals surface area contributed by atoms with Gasteiger partial charge in [0.1, 0.15) is 5.56 Å². The van der Waals surface area contributed by atoms with Crippen LogP contribution >= 0.6 is 0 Å². The molecule has 0 bridgehead atoms. The first-order valence-electron chi connectivity index (χ1n) is 7.09. The summed E-state index contributed by atoms with van der Waals surface area (Å²) in [5.41, 5.74) is 0.229. The molecular formula is C14H14F3N3O3. The Bertz CT molecular complexity index is 654. The number of ether oxygens (including phenoxy) is 2. The first kappa shape index (κ1) is 15.7. The van der Waals surface area contributed by atoms with E-state index in [1.807, 2.05) is 0 Å². The van der Waals surface area contributed by atoms with E-state index in [0.717, 1.165) is 12.8 Å². The summed E-state index contributed by atoms with van der Waals surface area (Å²) >= 11 is 0. The molecule has 0 saturated carbocycles. The second-order valence-electron chi connectivity index (χ2n) is 5.12. The van der Waals surface area contributed by atoms with Crippen molar-refractivity contribution < 1.29 is 27.1 Å². The summed E-state index contributed by atoms with van der Waals surface area (Å²) in [5, 5.41) is 7.86. The number of aromatic nitrogens is 3. The zero-order valence-corrected chi connectivity index (χ0v) is 12.0. The van der Waals surface area contributed by atoms with Crippen LogP contribution in [0, 0.1) is 0 Å². The maximum atomic E-state index is 12.3. The van der Waals surface area contributed by atoms with Crippen molar-refractivity contribution in [2.45, 2.75) is 24.9 Å². The average molecular weight is 329 g/mol. The van der Waals surface area contributed by atoms with Gasteiger partial charge >= 0.3 is 6.18 Å². The van der Waals surface area contributed by atoms with E-state index < -0.39 is 12.8 Å². The molecule has 2 aromatic rings. The minimum Gasteiger partial charge on any atom is -0.467 e. The molecule has 2 aromatic heterocycles. The molecule has 1 atom stereocenters. The Labute approximate surface area is 129 Å². The highest BCUT2D eigenvalue weighted by molar-refractivity contribution is 5.59. The molecule has 9 heteroatoms. The number of nitrogens with zero attached hydrogens (tertiary/aromatic N) is 3. The van der Waals surface area contributed by atoms with Crippen molar-refractivity contribution in [1.29, 1.82) is 0 Å². The molecule has 1 fully saturated rings. The lowest BCUT2D eigenvalue weighted by Crippen LogP contribution is -2.19. The molecule has 124 valence electrons. The summed E-state index contributed by atoms with van der Waals surface area (Å²) in [5.74, 6) is 0.294. The van der Waals surface area contributed by atoms with Gasteiger partial charge in [-0.15, -0.1) is 10.2 Å². The van der Waals surface area contributed by atoms with Crippen molar-refractivity contribution in [2.24, 2.45) is 0 Å². The van der Waals surface area contributed by atoms with Crippen molar-refractivity contribution in [3.63, 3.8) is 0 Å². The van der Waals surface area contributed by atoms with Crippen molar-refractivity contribution in [3.05, 3.63) is 24.2 Å². The van der Waals surface area contributed by atoms with Crippen LogP contribution in [0.1, 0.15) is 24.7 Å². The number of alkyl halides is 3. The predicted molar refractivity (Wildman–Crippen MR) is 71.9 cm³/mol. The van der Waals surface area contributed by atoms with Gasteiger partial charge in [0.05, 0.1) is 12.5 Å². The van der Waals surface area contributed by atoms with Gasteiger partial charge in [-0.2, -0.15) is 13.2 Å². The summed E-state index contributed by atoms with van der Waals surface area (Å²) in [6, 6.07) is 3.08. The Hall–Kier alpha value is -2.16. The molecule has 6 nitrogen and oxygen atoms in total. The Morgan fingerprint density at radius 2 is 2.17 bits per heavy atom. The Morgan fingerprint density at radius 3 is 2.91 bits per heavy atom. The molecule has 0 radical (unpaired) electrons. The monoisotopic (exact) mass is 329 g/mol. The van der Waals surface area contributed by atoms with Gasteiger partial charge in [0.2, 0.25) is 11.8 Å². The topological polar surface area (TPSA) is 70.3 Å². The molecule has 1 aliphatic rings. The van der Waals surface area contributed by atoms with Gasteiger partial charge < -0.3 is 13.9 Å². The lowest BCUT2D eigenvalue weighted by atomic mass is 10.0. The van der Waals surface area contributed by atoms with Crippen LogP contribution in [0.15, 0.2) is 22.7 Å². The number of pyridine rings is 1. The van der Waals surface area contributed by atoms with E-state index in [-0.39, 0.29) is 23.3 Å². The van der Waals surface area contributed by atoms with Crippen LogP contribution in [-0.2, 0) is 4.74 Å². The lowest BCUT2D eigenvalue weighted by Gasteiger charge is -2.18. The second-order valence-corrected chi connectivity index (χ2v) is 5.12. The number of rotatable bonds is 4. The molecule has 0 aromatic carbocycles. The summed E-state index contributed by atoms with van der Waals surface area (Å²) in [6.07, 6.45) is -1.35. The third-order valence-electron chi connectivity index (χ3n) is 3.32. The van der Waals surface area contributed by atoms with E-state index in [0.29, 0.717) is 19.1 Å². The zero-order chi connectivity index (χ0) is 16.3. The van der Waals surface area contributed by atoms with E-state index in [1.165, 1.54) is 12.3 Å². The van der Waals surface area contributed by atoms with Crippen LogP contribution < -0.4 is 4.74 Å². The minimum absolute atomic E-state index is 0.00112. The molecular weight excluding hydrogens is 315 g/mol. The molecule has 0 amide bonds. The van der Waals surface area contributed by atoms with Gasteiger partial charge in [-0.25, -0.2) is 4.98 Å². The highest BCUT2D eigenvalue weighted by atomic mass is 19.4. The fraction of sp³-hybridized carbons (Fsp3) is 0.500. The maximum absolute atomic E-state index is 12.3. The predicted octanol–water partition coefficient (Wildman–Crippen LogP) is 2.97. The quantitative estimate of drug-likeness (QED) is 0.859. The molecule has 3 rings (SSSR count). The SMILES string of the molecule is FC(F)(F)COc1ncccc1-c1nnc(C2CCCOC2)o1. The molecule has 23 heavy (non-hydrogen) atoms. The highest BCUT2D eigenvalue weighted by Gasteiger charge is 2.30. The van der Waals surface area contributed by atoms with E-state index in [9.17, 15) is 13.2 Å². The van der Waals surface area contributed by atoms with E-state index in [2.05, 4.69) is 15.2 Å². The van der Waals surface area contributed by atoms with Gasteiger partial charge in [-0.3, -0.25) is 0 Å². The third-order valence-corrected chi connectivity index (χ3v) is 3.32. The summed E-state index contributed by atoms with van der Waals surface area (Å²) in [4.78, 5) is 3.81. The summed E-state index contributed by atoms with van der Waals surface area (Å²) in [6.45, 7) is -0.240. The van der Waals surface area contributed by atoms with Crippen molar-refractivity contribution in [3.8, 4) is 17.3 Å². The van der Waals surface area contributed by atoms with Crippen LogP contribution in [0.2, 0.25) is 0 Å². The van der Waals surface area contributed by atoms with Crippen molar-refractivity contribution in [2.75, 3.05) is 19.8 Å². The molecule has 0 spiro atoms. The van der Waals surface area contributed by atoms with Gasteiger partial charge in [0.15, 0.2) is 6.61 Å². The van der Waals surface area contributed by atoms with E-state index in [1.54, 1.807) is 6.07 Å². The summed E-state index contributed by atoms with van der Waals surface area (Å²) < 4.78 is 52.6. The second kappa shape index (κ2) is 6.53. The van der Waals surface area contributed by atoms with Gasteiger partial charge in [-0.05, 0) is 25.0 Å². The highest BCUT2D eigenvalue weighted by Crippen LogP contribution is 2.31. The number of hydrogen-bond acceptors (Lipinski definition) is 6. The first-order valence-corrected chi connectivity index (χ1v) is 7.09.